The van der Waals surface area contributed by atoms with Crippen molar-refractivity contribution in [3.63, 3.8) is 0 Å². The Balaban J connectivity index is 0.000000208. The zero-order valence-corrected chi connectivity index (χ0v) is 28.6. The molecule has 280 valence electrons. The van der Waals surface area contributed by atoms with Crippen LogP contribution in [0.4, 0.5) is 35.1 Å². The van der Waals surface area contributed by atoms with Crippen molar-refractivity contribution in [2.24, 2.45) is 0 Å². The van der Waals surface area contributed by atoms with E-state index in [1.54, 1.807) is 27.7 Å². The quantitative estimate of drug-likeness (QED) is 0.165. The van der Waals surface area contributed by atoms with Crippen LogP contribution >= 0.6 is 0 Å². The molecule has 0 aliphatic rings. The number of halogens is 8. The average molecular weight is 757 g/mol. The number of aromatic amines is 2. The summed E-state index contributed by atoms with van der Waals surface area (Å²) in [5.74, 6) is -2.39. The zero-order chi connectivity index (χ0) is 39.5. The van der Waals surface area contributed by atoms with Gasteiger partial charge in [-0.05, 0) is 61.4 Å². The molecule has 0 saturated carbocycles. The minimum atomic E-state index is -4.62. The number of nitrogens with zero attached hydrogens (tertiary/aromatic N) is 6. The van der Waals surface area contributed by atoms with E-state index in [-0.39, 0.29) is 22.2 Å². The molecule has 10 nitrogen and oxygen atoms in total. The van der Waals surface area contributed by atoms with E-state index in [1.807, 2.05) is 0 Å². The van der Waals surface area contributed by atoms with Crippen LogP contribution in [0.5, 0.6) is 0 Å². The standard InChI is InChI=1S/2C18H14F4N4O/c2*1-9(12-4-3-11(5-13(12)19)18(20,21)22)14-6-15(24-8-23-14)16-7-17(27)26-10(2)25-16/h2*3-9H,1-2H3,(H,25,26,27)/t2*9-/m10/s1. The Morgan fingerprint density at radius 2 is 0.907 bits per heavy atom. The SMILES string of the molecule is Cc1nc(-c2cc([C@@H](C)c3ccc(C(F)(F)F)cc3F)ncn2)cc(=O)[nH]1.Cc1nc(-c2cc([C@H](C)c3ccc(C(F)(F)F)cc3F)ncn2)cc(=O)[nH]1. The summed E-state index contributed by atoms with van der Waals surface area (Å²) in [6, 6.07) is 10.4. The van der Waals surface area contributed by atoms with Crippen LogP contribution in [0.3, 0.4) is 0 Å². The van der Waals surface area contributed by atoms with Gasteiger partial charge in [0, 0.05) is 24.0 Å². The third-order valence-corrected chi connectivity index (χ3v) is 8.10. The minimum absolute atomic E-state index is 0.0719. The molecule has 54 heavy (non-hydrogen) atoms. The summed E-state index contributed by atoms with van der Waals surface area (Å²) >= 11 is 0. The number of aromatic nitrogens is 8. The molecule has 0 radical (unpaired) electrons. The smallest absolute Gasteiger partial charge is 0.311 e. The first-order valence-electron chi connectivity index (χ1n) is 15.8. The Kier molecular flexibility index (Phi) is 11.1. The third-order valence-electron chi connectivity index (χ3n) is 8.10. The second-order valence-corrected chi connectivity index (χ2v) is 12.0. The van der Waals surface area contributed by atoms with Crippen molar-refractivity contribution in [3.05, 3.63) is 151 Å². The second-order valence-electron chi connectivity index (χ2n) is 12.0. The van der Waals surface area contributed by atoms with Crippen molar-refractivity contribution >= 4 is 0 Å². The number of H-pyrrole nitrogens is 2. The van der Waals surface area contributed by atoms with Gasteiger partial charge in [-0.1, -0.05) is 26.0 Å². The maximum Gasteiger partial charge on any atom is 0.416 e. The molecule has 0 spiro atoms. The summed E-state index contributed by atoms with van der Waals surface area (Å²) in [4.78, 5) is 52.9. The van der Waals surface area contributed by atoms with Crippen molar-refractivity contribution in [1.82, 2.24) is 39.9 Å². The summed E-state index contributed by atoms with van der Waals surface area (Å²) in [5.41, 5.74) is -0.534. The molecule has 0 fully saturated rings. The highest BCUT2D eigenvalue weighted by molar-refractivity contribution is 5.55. The lowest BCUT2D eigenvalue weighted by molar-refractivity contribution is -0.138. The minimum Gasteiger partial charge on any atom is -0.311 e. The molecule has 0 unspecified atom stereocenters. The van der Waals surface area contributed by atoms with Crippen molar-refractivity contribution in [2.45, 2.75) is 51.9 Å². The van der Waals surface area contributed by atoms with Gasteiger partial charge in [0.2, 0.25) is 0 Å². The van der Waals surface area contributed by atoms with Crippen LogP contribution in [-0.2, 0) is 12.4 Å². The molecule has 6 rings (SSSR count). The summed E-state index contributed by atoms with van der Waals surface area (Å²) in [6.07, 6.45) is -6.76. The zero-order valence-electron chi connectivity index (χ0n) is 28.6. The number of aryl methyl sites for hydroxylation is 2. The summed E-state index contributed by atoms with van der Waals surface area (Å²) in [7, 11) is 0. The lowest BCUT2D eigenvalue weighted by atomic mass is 9.95. The fourth-order valence-electron chi connectivity index (χ4n) is 5.35. The topological polar surface area (TPSA) is 143 Å². The molecule has 2 N–H and O–H groups in total. The molecule has 6 aromatic rings. The number of benzene rings is 2. The molecule has 0 aliphatic carbocycles. The Bertz CT molecular complexity index is 2260. The molecule has 2 atom stereocenters. The maximum absolute atomic E-state index is 14.2. The van der Waals surface area contributed by atoms with E-state index < -0.39 is 46.9 Å². The predicted molar refractivity (Wildman–Crippen MR) is 179 cm³/mol. The Labute approximate surface area is 300 Å². The van der Waals surface area contributed by atoms with Crippen LogP contribution < -0.4 is 11.1 Å². The number of hydrogen-bond acceptors (Lipinski definition) is 8. The highest BCUT2D eigenvalue weighted by Gasteiger charge is 2.33. The fraction of sp³-hybridized carbons (Fsp3) is 0.222. The first kappa shape index (κ1) is 39.0. The van der Waals surface area contributed by atoms with Gasteiger partial charge in [-0.25, -0.2) is 38.7 Å². The average Bonchev–Trinajstić information content (AvgIpc) is 3.10. The molecule has 0 aliphatic heterocycles. The predicted octanol–water partition coefficient (Wildman–Crippen LogP) is 7.69. The van der Waals surface area contributed by atoms with Gasteiger partial charge in [-0.2, -0.15) is 26.3 Å². The lowest BCUT2D eigenvalue weighted by Crippen LogP contribution is -2.10. The summed E-state index contributed by atoms with van der Waals surface area (Å²) < 4.78 is 105. The van der Waals surface area contributed by atoms with Gasteiger partial charge in [-0.3, -0.25) is 9.59 Å². The number of nitrogens with one attached hydrogen (secondary N) is 2. The van der Waals surface area contributed by atoms with Crippen LogP contribution in [0.1, 0.15) is 71.0 Å². The molecule has 0 saturated heterocycles. The normalized spacial score (nSPS) is 12.8. The molecule has 4 heterocycles. The van der Waals surface area contributed by atoms with Gasteiger partial charge in [0.05, 0.1) is 45.3 Å². The van der Waals surface area contributed by atoms with Gasteiger partial charge < -0.3 is 9.97 Å². The van der Waals surface area contributed by atoms with Crippen LogP contribution in [0, 0.1) is 25.5 Å². The molecule has 18 heteroatoms. The first-order chi connectivity index (χ1) is 25.3. The van der Waals surface area contributed by atoms with E-state index in [2.05, 4.69) is 39.9 Å². The summed E-state index contributed by atoms with van der Waals surface area (Å²) in [6.45, 7) is 6.48. The van der Waals surface area contributed by atoms with Crippen LogP contribution in [0.15, 0.2) is 82.9 Å². The van der Waals surface area contributed by atoms with Gasteiger partial charge in [0.1, 0.15) is 35.9 Å². The van der Waals surface area contributed by atoms with Gasteiger partial charge >= 0.3 is 12.4 Å². The Morgan fingerprint density at radius 3 is 1.22 bits per heavy atom. The monoisotopic (exact) mass is 756 g/mol. The number of rotatable bonds is 6. The highest BCUT2D eigenvalue weighted by atomic mass is 19.4. The van der Waals surface area contributed by atoms with Crippen molar-refractivity contribution in [3.8, 4) is 22.8 Å². The van der Waals surface area contributed by atoms with E-state index in [9.17, 15) is 44.7 Å². The number of hydrogen-bond donors (Lipinski definition) is 2. The molecule has 2 aromatic carbocycles. The van der Waals surface area contributed by atoms with Crippen molar-refractivity contribution in [1.29, 1.82) is 0 Å². The molecule has 0 amide bonds. The first-order valence-corrected chi connectivity index (χ1v) is 15.8. The van der Waals surface area contributed by atoms with Crippen molar-refractivity contribution < 1.29 is 35.1 Å². The molecule has 4 aromatic heterocycles. The van der Waals surface area contributed by atoms with E-state index >= 15 is 0 Å². The van der Waals surface area contributed by atoms with Gasteiger partial charge in [0.25, 0.3) is 11.1 Å². The molecule has 0 bridgehead atoms. The highest BCUT2D eigenvalue weighted by Crippen LogP contribution is 2.35. The molecular weight excluding hydrogens is 728 g/mol. The van der Waals surface area contributed by atoms with Crippen LogP contribution in [0.25, 0.3) is 22.8 Å². The van der Waals surface area contributed by atoms with E-state index in [0.29, 0.717) is 57.9 Å². The third kappa shape index (κ3) is 9.23. The van der Waals surface area contributed by atoms with E-state index in [4.69, 9.17) is 0 Å². The van der Waals surface area contributed by atoms with Crippen LogP contribution in [0.2, 0.25) is 0 Å². The number of alkyl halides is 6. The van der Waals surface area contributed by atoms with E-state index in [0.717, 1.165) is 24.3 Å². The Hall–Kier alpha value is -6.20. The van der Waals surface area contributed by atoms with Crippen molar-refractivity contribution in [2.75, 3.05) is 0 Å². The lowest BCUT2D eigenvalue weighted by Gasteiger charge is -2.15. The van der Waals surface area contributed by atoms with Gasteiger partial charge in [-0.15, -0.1) is 0 Å². The van der Waals surface area contributed by atoms with Gasteiger partial charge in [0.15, 0.2) is 0 Å². The van der Waals surface area contributed by atoms with Crippen LogP contribution in [-0.4, -0.2) is 39.9 Å². The second kappa shape index (κ2) is 15.4. The fourth-order valence-corrected chi connectivity index (χ4v) is 5.35. The summed E-state index contributed by atoms with van der Waals surface area (Å²) in [5, 5.41) is 0. The largest absolute Gasteiger partial charge is 0.416 e. The maximum atomic E-state index is 14.2. The Morgan fingerprint density at radius 1 is 0.537 bits per heavy atom. The molecular formula is C36H28F8N8O2. The van der Waals surface area contributed by atoms with E-state index in [1.165, 1.54) is 36.9 Å².